The highest BCUT2D eigenvalue weighted by molar-refractivity contribution is 5.81. The maximum absolute atomic E-state index is 11.1. The normalized spacial score (nSPS) is 9.57. The molecule has 14 heavy (non-hydrogen) atoms. The molecule has 0 aromatic heterocycles. The van der Waals surface area contributed by atoms with Crippen LogP contribution >= 0.6 is 0 Å². The van der Waals surface area contributed by atoms with E-state index in [1.807, 2.05) is 0 Å². The van der Waals surface area contributed by atoms with Crippen LogP contribution in [0.4, 0.5) is 0 Å². The molecule has 0 radical (unpaired) electrons. The van der Waals surface area contributed by atoms with E-state index in [-0.39, 0.29) is 24.7 Å². The Morgan fingerprint density at radius 3 is 2.50 bits per heavy atom. The molecule has 0 aromatic rings. The van der Waals surface area contributed by atoms with E-state index in [2.05, 4.69) is 10.1 Å². The van der Waals surface area contributed by atoms with Crippen molar-refractivity contribution in [1.29, 1.82) is 0 Å². The molecule has 0 atom stereocenters. The van der Waals surface area contributed by atoms with Crippen LogP contribution < -0.4 is 5.32 Å². The average Bonchev–Trinajstić information content (AvgIpc) is 2.21. The molecule has 0 unspecified atom stereocenters. The number of hydrogen-bond acceptors (Lipinski definition) is 4. The van der Waals surface area contributed by atoms with Crippen LogP contribution in [0.15, 0.2) is 0 Å². The standard InChI is InChI=1S/C9H17NO4/c1-13-7-3-6-10-8(11)4-5-9(12)14-2/h3-7H2,1-2H3,(H,10,11). The van der Waals surface area contributed by atoms with E-state index >= 15 is 0 Å². The number of rotatable bonds is 7. The molecular formula is C9H17NO4. The summed E-state index contributed by atoms with van der Waals surface area (Å²) in [5.41, 5.74) is 0. The smallest absolute Gasteiger partial charge is 0.306 e. The lowest BCUT2D eigenvalue weighted by atomic mass is 10.3. The van der Waals surface area contributed by atoms with Crippen LogP contribution in [0.25, 0.3) is 0 Å². The third-order valence-electron chi connectivity index (χ3n) is 1.63. The van der Waals surface area contributed by atoms with Crippen LogP contribution in [0.5, 0.6) is 0 Å². The summed E-state index contributed by atoms with van der Waals surface area (Å²) in [6, 6.07) is 0. The van der Waals surface area contributed by atoms with E-state index in [1.165, 1.54) is 7.11 Å². The molecule has 1 N–H and O–H groups in total. The zero-order valence-electron chi connectivity index (χ0n) is 8.67. The number of amides is 1. The van der Waals surface area contributed by atoms with Crippen LogP contribution in [0.2, 0.25) is 0 Å². The van der Waals surface area contributed by atoms with Gasteiger partial charge in [0.2, 0.25) is 5.91 Å². The second kappa shape index (κ2) is 8.50. The van der Waals surface area contributed by atoms with Gasteiger partial charge in [-0.2, -0.15) is 0 Å². The molecule has 0 aliphatic carbocycles. The Kier molecular flexibility index (Phi) is 7.83. The van der Waals surface area contributed by atoms with Crippen molar-refractivity contribution in [2.24, 2.45) is 0 Å². The minimum Gasteiger partial charge on any atom is -0.469 e. The van der Waals surface area contributed by atoms with Crippen LogP contribution in [0, 0.1) is 0 Å². The molecule has 0 rings (SSSR count). The lowest BCUT2D eigenvalue weighted by molar-refractivity contribution is -0.142. The SMILES string of the molecule is COCCCNC(=O)CCC(=O)OC. The molecule has 0 fully saturated rings. The van der Waals surface area contributed by atoms with Gasteiger partial charge in [-0.25, -0.2) is 0 Å². The second-order valence-corrected chi connectivity index (χ2v) is 2.77. The first kappa shape index (κ1) is 12.9. The van der Waals surface area contributed by atoms with E-state index in [0.29, 0.717) is 13.2 Å². The molecule has 82 valence electrons. The van der Waals surface area contributed by atoms with Gasteiger partial charge in [0.25, 0.3) is 0 Å². The summed E-state index contributed by atoms with van der Waals surface area (Å²) in [4.78, 5) is 21.7. The summed E-state index contributed by atoms with van der Waals surface area (Å²) in [7, 11) is 2.91. The van der Waals surface area contributed by atoms with Gasteiger partial charge >= 0.3 is 5.97 Å². The van der Waals surface area contributed by atoms with Crippen molar-refractivity contribution < 1.29 is 19.1 Å². The molecule has 5 heteroatoms. The molecule has 0 spiro atoms. The van der Waals surface area contributed by atoms with Gasteiger partial charge in [0.05, 0.1) is 13.5 Å². The monoisotopic (exact) mass is 203 g/mol. The minimum atomic E-state index is -0.364. The Morgan fingerprint density at radius 2 is 1.93 bits per heavy atom. The van der Waals surface area contributed by atoms with E-state index in [9.17, 15) is 9.59 Å². The van der Waals surface area contributed by atoms with E-state index in [4.69, 9.17) is 4.74 Å². The number of nitrogens with one attached hydrogen (secondary N) is 1. The first-order valence-corrected chi connectivity index (χ1v) is 4.53. The number of ether oxygens (including phenoxy) is 2. The van der Waals surface area contributed by atoms with Gasteiger partial charge in [0.1, 0.15) is 0 Å². The van der Waals surface area contributed by atoms with Crippen molar-refractivity contribution in [3.8, 4) is 0 Å². The maximum atomic E-state index is 11.1. The van der Waals surface area contributed by atoms with Crippen LogP contribution in [0.3, 0.4) is 0 Å². The molecule has 0 aliphatic rings. The molecule has 0 saturated carbocycles. The van der Waals surface area contributed by atoms with Gasteiger partial charge in [-0.3, -0.25) is 9.59 Å². The number of carbonyl (C=O) groups is 2. The Hall–Kier alpha value is -1.10. The van der Waals surface area contributed by atoms with Crippen LogP contribution in [-0.2, 0) is 19.1 Å². The largest absolute Gasteiger partial charge is 0.469 e. The highest BCUT2D eigenvalue weighted by Crippen LogP contribution is 1.91. The molecule has 0 aliphatic heterocycles. The summed E-state index contributed by atoms with van der Waals surface area (Å²) < 4.78 is 9.22. The summed E-state index contributed by atoms with van der Waals surface area (Å²) >= 11 is 0. The fourth-order valence-electron chi connectivity index (χ4n) is 0.850. The van der Waals surface area contributed by atoms with E-state index in [1.54, 1.807) is 7.11 Å². The third kappa shape index (κ3) is 7.54. The van der Waals surface area contributed by atoms with Crippen molar-refractivity contribution in [2.45, 2.75) is 19.3 Å². The summed E-state index contributed by atoms with van der Waals surface area (Å²) in [5.74, 6) is -0.497. The third-order valence-corrected chi connectivity index (χ3v) is 1.63. The highest BCUT2D eigenvalue weighted by atomic mass is 16.5. The minimum absolute atomic E-state index is 0.132. The molecule has 0 heterocycles. The lowest BCUT2D eigenvalue weighted by Crippen LogP contribution is -2.25. The zero-order valence-corrected chi connectivity index (χ0v) is 8.67. The molecule has 0 saturated heterocycles. The molecular weight excluding hydrogens is 186 g/mol. The van der Waals surface area contributed by atoms with Gasteiger partial charge in [-0.15, -0.1) is 0 Å². The Labute approximate surface area is 83.8 Å². The van der Waals surface area contributed by atoms with E-state index < -0.39 is 0 Å². The lowest BCUT2D eigenvalue weighted by Gasteiger charge is -2.03. The molecule has 0 bridgehead atoms. The number of esters is 1. The topological polar surface area (TPSA) is 64.6 Å². The van der Waals surface area contributed by atoms with Crippen molar-refractivity contribution >= 4 is 11.9 Å². The van der Waals surface area contributed by atoms with Gasteiger partial charge in [-0.1, -0.05) is 0 Å². The summed E-state index contributed by atoms with van der Waals surface area (Å²) in [6.45, 7) is 1.20. The van der Waals surface area contributed by atoms with Gasteiger partial charge in [0, 0.05) is 26.7 Å². The number of carbonyl (C=O) groups excluding carboxylic acids is 2. The van der Waals surface area contributed by atoms with Crippen molar-refractivity contribution in [1.82, 2.24) is 5.32 Å². The predicted molar refractivity (Wildman–Crippen MR) is 50.8 cm³/mol. The zero-order chi connectivity index (χ0) is 10.8. The van der Waals surface area contributed by atoms with Crippen LogP contribution in [0.1, 0.15) is 19.3 Å². The summed E-state index contributed by atoms with van der Waals surface area (Å²) in [5, 5.41) is 2.67. The number of methoxy groups -OCH3 is 2. The number of hydrogen-bond donors (Lipinski definition) is 1. The second-order valence-electron chi connectivity index (χ2n) is 2.77. The Bertz CT molecular complexity index is 182. The maximum Gasteiger partial charge on any atom is 0.306 e. The van der Waals surface area contributed by atoms with E-state index in [0.717, 1.165) is 6.42 Å². The van der Waals surface area contributed by atoms with Crippen LogP contribution in [-0.4, -0.2) is 39.2 Å². The first-order chi connectivity index (χ1) is 6.70. The van der Waals surface area contributed by atoms with Crippen molar-refractivity contribution in [3.05, 3.63) is 0 Å². The average molecular weight is 203 g/mol. The fourth-order valence-corrected chi connectivity index (χ4v) is 0.850. The molecule has 5 nitrogen and oxygen atoms in total. The predicted octanol–water partition coefficient (Wildman–Crippen LogP) is 0.0923. The first-order valence-electron chi connectivity index (χ1n) is 4.53. The van der Waals surface area contributed by atoms with Gasteiger partial charge < -0.3 is 14.8 Å². The quantitative estimate of drug-likeness (QED) is 0.470. The van der Waals surface area contributed by atoms with Gasteiger partial charge in [-0.05, 0) is 6.42 Å². The highest BCUT2D eigenvalue weighted by Gasteiger charge is 2.05. The molecule has 0 aromatic carbocycles. The Morgan fingerprint density at radius 1 is 1.21 bits per heavy atom. The van der Waals surface area contributed by atoms with Crippen molar-refractivity contribution in [2.75, 3.05) is 27.4 Å². The van der Waals surface area contributed by atoms with Crippen molar-refractivity contribution in [3.63, 3.8) is 0 Å². The fraction of sp³-hybridized carbons (Fsp3) is 0.778. The Balaban J connectivity index is 3.32. The summed E-state index contributed by atoms with van der Waals surface area (Å²) in [6.07, 6.45) is 1.09. The van der Waals surface area contributed by atoms with Gasteiger partial charge in [0.15, 0.2) is 0 Å². The molecule has 1 amide bonds.